The van der Waals surface area contributed by atoms with E-state index in [0.29, 0.717) is 55.5 Å². The fraction of sp³-hybridized carbons (Fsp3) is 0.323. The molecule has 3 aromatic carbocycles. The zero-order valence-electron chi connectivity index (χ0n) is 22.8. The highest BCUT2D eigenvalue weighted by atomic mass is 16.6. The first-order valence-electron chi connectivity index (χ1n) is 13.8. The van der Waals surface area contributed by atoms with Crippen molar-refractivity contribution in [3.8, 4) is 11.5 Å². The maximum Gasteiger partial charge on any atom is 0.329 e. The molecule has 0 radical (unpaired) electrons. The highest BCUT2D eigenvalue weighted by molar-refractivity contribution is 6.01. The predicted molar refractivity (Wildman–Crippen MR) is 151 cm³/mol. The summed E-state index contributed by atoms with van der Waals surface area (Å²) in [5.41, 5.74) is 2.15. The van der Waals surface area contributed by atoms with Crippen LogP contribution in [0.3, 0.4) is 0 Å². The monoisotopic (exact) mass is 556 g/mol. The van der Waals surface area contributed by atoms with Crippen LogP contribution in [-0.4, -0.2) is 82.8 Å². The van der Waals surface area contributed by atoms with Gasteiger partial charge in [-0.05, 0) is 54.8 Å². The molecule has 10 nitrogen and oxygen atoms in total. The number of carboxylic acids is 1. The average Bonchev–Trinajstić information content (AvgIpc) is 3.29. The molecule has 4 amide bonds. The molecule has 2 fully saturated rings. The molecule has 3 aliphatic heterocycles. The van der Waals surface area contributed by atoms with E-state index in [-0.39, 0.29) is 18.6 Å². The van der Waals surface area contributed by atoms with Crippen molar-refractivity contribution >= 4 is 29.4 Å². The van der Waals surface area contributed by atoms with Gasteiger partial charge in [-0.2, -0.15) is 0 Å². The van der Waals surface area contributed by atoms with E-state index in [1.807, 2.05) is 78.9 Å². The largest absolute Gasteiger partial charge is 0.486 e. The number of hydrogen-bond donors (Lipinski definition) is 1. The van der Waals surface area contributed by atoms with Gasteiger partial charge < -0.3 is 29.3 Å². The van der Waals surface area contributed by atoms with Gasteiger partial charge in [0.2, 0.25) is 0 Å². The van der Waals surface area contributed by atoms with E-state index in [9.17, 15) is 19.5 Å². The van der Waals surface area contributed by atoms with Crippen molar-refractivity contribution in [3.63, 3.8) is 0 Å². The van der Waals surface area contributed by atoms with Gasteiger partial charge in [0.1, 0.15) is 13.2 Å². The van der Waals surface area contributed by atoms with Gasteiger partial charge >= 0.3 is 18.0 Å². The zero-order chi connectivity index (χ0) is 28.5. The van der Waals surface area contributed by atoms with E-state index in [4.69, 9.17) is 9.47 Å². The molecule has 3 heterocycles. The van der Waals surface area contributed by atoms with Crippen LogP contribution in [0, 0.1) is 0 Å². The minimum absolute atomic E-state index is 0.131. The Hall–Kier alpha value is -4.73. The van der Waals surface area contributed by atoms with Crippen LogP contribution in [0.4, 0.5) is 21.0 Å². The molecule has 6 rings (SSSR count). The SMILES string of the molecule is CN(Cc1ccc2c(c1)OCCO2)C(=O)N1[C@H]2CC[C@@H]1[C@@H](C(=O)O)N(C(=O)N(c1ccccc1)c1ccccc1)C2. The molecular weight excluding hydrogens is 524 g/mol. The number of ether oxygens (including phenoxy) is 2. The zero-order valence-corrected chi connectivity index (χ0v) is 22.8. The van der Waals surface area contributed by atoms with Gasteiger partial charge in [0, 0.05) is 20.1 Å². The number of para-hydroxylation sites is 2. The van der Waals surface area contributed by atoms with Gasteiger partial charge in [-0.15, -0.1) is 0 Å². The van der Waals surface area contributed by atoms with E-state index in [0.717, 1.165) is 5.56 Å². The molecule has 0 aromatic heterocycles. The van der Waals surface area contributed by atoms with Crippen molar-refractivity contribution < 1.29 is 29.0 Å². The van der Waals surface area contributed by atoms with Gasteiger partial charge in [0.05, 0.1) is 23.5 Å². The second kappa shape index (κ2) is 11.0. The molecule has 3 atom stereocenters. The fourth-order valence-electron chi connectivity index (χ4n) is 6.12. The fourth-order valence-corrected chi connectivity index (χ4v) is 6.12. The first-order valence-corrected chi connectivity index (χ1v) is 13.8. The number of carbonyl (C=O) groups is 3. The predicted octanol–water partition coefficient (Wildman–Crippen LogP) is 4.57. The molecule has 0 unspecified atom stereocenters. The van der Waals surface area contributed by atoms with E-state index in [1.165, 1.54) is 4.90 Å². The molecule has 3 aliphatic rings. The van der Waals surface area contributed by atoms with Crippen LogP contribution in [0.25, 0.3) is 0 Å². The molecule has 0 aliphatic carbocycles. The maximum atomic E-state index is 14.2. The van der Waals surface area contributed by atoms with E-state index in [2.05, 4.69) is 0 Å². The van der Waals surface area contributed by atoms with Crippen LogP contribution >= 0.6 is 0 Å². The molecule has 2 saturated heterocycles. The number of fused-ring (bicyclic) bond motifs is 3. The smallest absolute Gasteiger partial charge is 0.329 e. The van der Waals surface area contributed by atoms with Gasteiger partial charge in [-0.25, -0.2) is 14.4 Å². The molecule has 10 heteroatoms. The molecule has 212 valence electrons. The van der Waals surface area contributed by atoms with Crippen molar-refractivity contribution in [3.05, 3.63) is 84.4 Å². The average molecular weight is 557 g/mol. The lowest BCUT2D eigenvalue weighted by Gasteiger charge is -2.47. The normalized spacial score (nSPS) is 20.9. The molecular formula is C31H32N4O6. The summed E-state index contributed by atoms with van der Waals surface area (Å²) in [7, 11) is 1.71. The number of carboxylic acid groups (broad SMARTS) is 1. The van der Waals surface area contributed by atoms with Crippen molar-refractivity contribution in [1.82, 2.24) is 14.7 Å². The van der Waals surface area contributed by atoms with Crippen molar-refractivity contribution in [2.75, 3.05) is 31.7 Å². The Morgan fingerprint density at radius 2 is 1.49 bits per heavy atom. The number of rotatable bonds is 5. The molecule has 3 aromatic rings. The third kappa shape index (κ3) is 5.01. The minimum Gasteiger partial charge on any atom is -0.486 e. The molecule has 2 bridgehead atoms. The number of nitrogens with zero attached hydrogens (tertiary/aromatic N) is 4. The van der Waals surface area contributed by atoms with Crippen LogP contribution in [0.15, 0.2) is 78.9 Å². The quantitative estimate of drug-likeness (QED) is 0.494. The highest BCUT2D eigenvalue weighted by Crippen LogP contribution is 2.38. The number of anilines is 2. The van der Waals surface area contributed by atoms with Crippen LogP contribution in [0.5, 0.6) is 11.5 Å². The number of amides is 4. The summed E-state index contributed by atoms with van der Waals surface area (Å²) in [6.07, 6.45) is 1.13. The lowest BCUT2D eigenvalue weighted by Crippen LogP contribution is -2.67. The number of likely N-dealkylation sites (tertiary alicyclic amines) is 1. The standard InChI is InChI=1S/C31H32N4O6/c1-32(19-21-12-15-26-27(18-21)41-17-16-40-26)30(38)35-24-13-14-25(35)28(29(36)37)33(20-24)31(39)34(22-8-4-2-5-9-22)23-10-6-3-7-11-23/h2-12,15,18,24-25,28H,13-14,16-17,19-20H2,1H3,(H,36,37)/t24-,25+,28-/m0/s1. The van der Waals surface area contributed by atoms with Crippen LogP contribution in [0.1, 0.15) is 18.4 Å². The number of urea groups is 2. The lowest BCUT2D eigenvalue weighted by molar-refractivity contribution is -0.145. The Balaban J connectivity index is 1.24. The Morgan fingerprint density at radius 1 is 0.854 bits per heavy atom. The third-order valence-electron chi connectivity index (χ3n) is 7.95. The maximum absolute atomic E-state index is 14.2. The Bertz CT molecular complexity index is 1400. The van der Waals surface area contributed by atoms with Crippen molar-refractivity contribution in [2.45, 2.75) is 37.5 Å². The summed E-state index contributed by atoms with van der Waals surface area (Å²) in [4.78, 5) is 46.9. The van der Waals surface area contributed by atoms with Crippen LogP contribution < -0.4 is 14.4 Å². The molecule has 1 N–H and O–H groups in total. The summed E-state index contributed by atoms with van der Waals surface area (Å²) in [5, 5.41) is 10.4. The number of aliphatic carboxylic acids is 1. The van der Waals surface area contributed by atoms with Gasteiger partial charge in [0.15, 0.2) is 17.5 Å². The summed E-state index contributed by atoms with van der Waals surface area (Å²) in [6.45, 7) is 1.43. The summed E-state index contributed by atoms with van der Waals surface area (Å²) in [6, 6.07) is 21.2. The second-order valence-corrected chi connectivity index (χ2v) is 10.5. The molecule has 0 saturated carbocycles. The van der Waals surface area contributed by atoms with Gasteiger partial charge in [-0.3, -0.25) is 4.90 Å². The highest BCUT2D eigenvalue weighted by Gasteiger charge is 2.54. The number of benzene rings is 3. The third-order valence-corrected chi connectivity index (χ3v) is 7.95. The Kier molecular flexibility index (Phi) is 7.13. The Morgan fingerprint density at radius 3 is 2.12 bits per heavy atom. The topological polar surface area (TPSA) is 103 Å². The van der Waals surface area contributed by atoms with Gasteiger partial charge in [-0.1, -0.05) is 42.5 Å². The van der Waals surface area contributed by atoms with Crippen LogP contribution in [0.2, 0.25) is 0 Å². The van der Waals surface area contributed by atoms with Crippen molar-refractivity contribution in [1.29, 1.82) is 0 Å². The summed E-state index contributed by atoms with van der Waals surface area (Å²) >= 11 is 0. The lowest BCUT2D eigenvalue weighted by atomic mass is 10.0. The first-order chi connectivity index (χ1) is 19.9. The second-order valence-electron chi connectivity index (χ2n) is 10.5. The first kappa shape index (κ1) is 26.5. The van der Waals surface area contributed by atoms with Crippen LogP contribution in [-0.2, 0) is 11.3 Å². The molecule has 0 spiro atoms. The molecule has 41 heavy (non-hydrogen) atoms. The number of piperazine rings is 1. The minimum atomic E-state index is -1.18. The van der Waals surface area contributed by atoms with E-state index >= 15 is 0 Å². The summed E-state index contributed by atoms with van der Waals surface area (Å²) in [5.74, 6) is 0.198. The van der Waals surface area contributed by atoms with Crippen molar-refractivity contribution in [2.24, 2.45) is 0 Å². The van der Waals surface area contributed by atoms with E-state index in [1.54, 1.807) is 21.7 Å². The van der Waals surface area contributed by atoms with Gasteiger partial charge in [0.25, 0.3) is 0 Å². The van der Waals surface area contributed by atoms with E-state index < -0.39 is 24.1 Å². The summed E-state index contributed by atoms with van der Waals surface area (Å²) < 4.78 is 11.3. The number of carbonyl (C=O) groups excluding carboxylic acids is 2. The Labute approximate surface area is 238 Å². The number of hydrogen-bond acceptors (Lipinski definition) is 5.